The lowest BCUT2D eigenvalue weighted by molar-refractivity contribution is -0.425. The quantitative estimate of drug-likeness (QED) is 0.853. The number of piperidine rings is 1. The summed E-state index contributed by atoms with van der Waals surface area (Å²) >= 11 is 13.9. The van der Waals surface area contributed by atoms with Gasteiger partial charge in [0.2, 0.25) is 0 Å². The molecule has 2 fully saturated rings. The lowest BCUT2D eigenvalue weighted by Gasteiger charge is -2.37. The van der Waals surface area contributed by atoms with Gasteiger partial charge in [0.1, 0.15) is 10.8 Å². The molecule has 2 atom stereocenters. The standard InChI is InChI=1S/C18H20Cl2N4S/c1-10-18(25-15-4-2-3-14(19)17(15)20)22-9-16(23-10)24-12-5-6-13(24)8-11(21)7-12/h2-4,9,11-13H,5-8,21H2,1H3/p+1. The predicted octanol–water partition coefficient (Wildman–Crippen LogP) is 3.98. The number of hydrogen-bond donors (Lipinski definition) is 1. The van der Waals surface area contributed by atoms with Crippen LogP contribution in [0.15, 0.2) is 34.3 Å². The zero-order chi connectivity index (χ0) is 17.6. The minimum Gasteiger partial charge on any atom is -0.355 e. The van der Waals surface area contributed by atoms with Crippen LogP contribution in [0.2, 0.25) is 10.0 Å². The van der Waals surface area contributed by atoms with Gasteiger partial charge < -0.3 is 10.6 Å². The summed E-state index contributed by atoms with van der Waals surface area (Å²) in [5, 5.41) is 1.99. The molecule has 25 heavy (non-hydrogen) atoms. The van der Waals surface area contributed by atoms with Crippen molar-refractivity contribution < 1.29 is 5.73 Å². The van der Waals surface area contributed by atoms with E-state index in [0.717, 1.165) is 34.3 Å². The number of halogens is 2. The Morgan fingerprint density at radius 1 is 1.20 bits per heavy atom. The molecule has 0 aliphatic carbocycles. The molecule has 0 radical (unpaired) electrons. The Balaban J connectivity index is 1.58. The van der Waals surface area contributed by atoms with Crippen molar-refractivity contribution in [2.45, 2.75) is 60.7 Å². The zero-order valence-corrected chi connectivity index (χ0v) is 16.4. The number of fused-ring (bicyclic) bond motifs is 2. The molecule has 2 unspecified atom stereocenters. The summed E-state index contributed by atoms with van der Waals surface area (Å²) < 4.78 is 0. The largest absolute Gasteiger partial charge is 0.355 e. The van der Waals surface area contributed by atoms with Crippen molar-refractivity contribution in [3.63, 3.8) is 0 Å². The molecule has 1 aromatic heterocycles. The molecule has 0 saturated carbocycles. The summed E-state index contributed by atoms with van der Waals surface area (Å²) in [4.78, 5) is 12.9. The van der Waals surface area contributed by atoms with Crippen LogP contribution in [-0.2, 0) is 0 Å². The third-order valence-electron chi connectivity index (χ3n) is 5.11. The summed E-state index contributed by atoms with van der Waals surface area (Å²) in [6.07, 6.45) is 6.71. The van der Waals surface area contributed by atoms with Crippen LogP contribution in [0.4, 0.5) is 5.82 Å². The van der Waals surface area contributed by atoms with E-state index in [2.05, 4.69) is 15.6 Å². The summed E-state index contributed by atoms with van der Waals surface area (Å²) in [7, 11) is 0. The maximum atomic E-state index is 6.29. The number of hydrogen-bond acceptors (Lipinski definition) is 4. The average molecular weight is 396 g/mol. The van der Waals surface area contributed by atoms with Gasteiger partial charge in [-0.2, -0.15) is 0 Å². The minimum atomic E-state index is 0.557. The minimum absolute atomic E-state index is 0.557. The Morgan fingerprint density at radius 3 is 2.60 bits per heavy atom. The van der Waals surface area contributed by atoms with Gasteiger partial charge in [0.15, 0.2) is 0 Å². The Bertz CT molecular complexity index is 787. The van der Waals surface area contributed by atoms with Crippen molar-refractivity contribution in [2.24, 2.45) is 0 Å². The molecule has 0 spiro atoms. The second-order valence-electron chi connectivity index (χ2n) is 6.90. The van der Waals surface area contributed by atoms with E-state index in [0.29, 0.717) is 28.2 Å². The lowest BCUT2D eigenvalue weighted by atomic mass is 9.98. The lowest BCUT2D eigenvalue weighted by Crippen LogP contribution is -2.66. The fraction of sp³-hybridized carbons (Fsp3) is 0.444. The van der Waals surface area contributed by atoms with Gasteiger partial charge in [-0.1, -0.05) is 41.0 Å². The van der Waals surface area contributed by atoms with E-state index < -0.39 is 0 Å². The van der Waals surface area contributed by atoms with E-state index in [9.17, 15) is 0 Å². The second-order valence-corrected chi connectivity index (χ2v) is 8.72. The van der Waals surface area contributed by atoms with Crippen LogP contribution in [0.1, 0.15) is 31.4 Å². The Labute approximate surface area is 162 Å². The molecule has 1 aromatic carbocycles. The number of benzene rings is 1. The monoisotopic (exact) mass is 395 g/mol. The van der Waals surface area contributed by atoms with Crippen molar-refractivity contribution in [1.29, 1.82) is 0 Å². The van der Waals surface area contributed by atoms with Gasteiger partial charge in [0, 0.05) is 29.8 Å². The summed E-state index contributed by atoms with van der Waals surface area (Å²) in [6, 6.07) is 7.34. The molecule has 2 aromatic rings. The van der Waals surface area contributed by atoms with E-state index in [-0.39, 0.29) is 0 Å². The Morgan fingerprint density at radius 2 is 1.92 bits per heavy atom. The van der Waals surface area contributed by atoms with Crippen LogP contribution in [0.3, 0.4) is 0 Å². The number of quaternary nitrogens is 1. The second kappa shape index (κ2) is 6.95. The van der Waals surface area contributed by atoms with Gasteiger partial charge in [-0.25, -0.2) is 9.97 Å². The number of anilines is 1. The van der Waals surface area contributed by atoms with Crippen LogP contribution in [0.25, 0.3) is 0 Å². The van der Waals surface area contributed by atoms with E-state index in [1.165, 1.54) is 24.6 Å². The van der Waals surface area contributed by atoms with Gasteiger partial charge >= 0.3 is 0 Å². The fourth-order valence-corrected chi connectivity index (χ4v) is 5.34. The third kappa shape index (κ3) is 3.35. The first-order valence-electron chi connectivity index (χ1n) is 8.60. The third-order valence-corrected chi connectivity index (χ3v) is 7.19. The normalized spacial score (nSPS) is 25.4. The van der Waals surface area contributed by atoms with Crippen molar-refractivity contribution in [3.05, 3.63) is 40.1 Å². The van der Waals surface area contributed by atoms with E-state index in [1.807, 2.05) is 25.3 Å². The van der Waals surface area contributed by atoms with Crippen LogP contribution in [0, 0.1) is 6.92 Å². The van der Waals surface area contributed by atoms with Gasteiger partial charge in [-0.05, 0) is 31.9 Å². The first-order chi connectivity index (χ1) is 12.0. The number of nitrogens with zero attached hydrogens (tertiary/aromatic N) is 3. The molecule has 4 nitrogen and oxygen atoms in total. The molecule has 2 aliphatic rings. The summed E-state index contributed by atoms with van der Waals surface area (Å²) in [5.41, 5.74) is 5.20. The zero-order valence-electron chi connectivity index (χ0n) is 14.1. The molecule has 2 saturated heterocycles. The van der Waals surface area contributed by atoms with Crippen LogP contribution < -0.4 is 10.6 Å². The Kier molecular flexibility index (Phi) is 4.84. The molecule has 3 heterocycles. The van der Waals surface area contributed by atoms with Crippen LogP contribution in [-0.4, -0.2) is 28.1 Å². The summed E-state index contributed by atoms with van der Waals surface area (Å²) in [6.45, 7) is 2.01. The SMILES string of the molecule is Cc1nc(N2C3CCC2CC([NH3+])C3)cnc1Sc1cccc(Cl)c1Cl. The smallest absolute Gasteiger partial charge is 0.147 e. The first-order valence-corrected chi connectivity index (χ1v) is 10.2. The van der Waals surface area contributed by atoms with Crippen LogP contribution in [0.5, 0.6) is 0 Å². The Hall–Kier alpha value is -1.01. The van der Waals surface area contributed by atoms with Gasteiger partial charge in [-0.15, -0.1) is 0 Å². The van der Waals surface area contributed by atoms with Gasteiger partial charge in [0.25, 0.3) is 0 Å². The highest BCUT2D eigenvalue weighted by Crippen LogP contribution is 2.40. The maximum absolute atomic E-state index is 6.29. The molecular weight excluding hydrogens is 375 g/mol. The van der Waals surface area contributed by atoms with E-state index in [1.54, 1.807) is 6.07 Å². The number of aromatic nitrogens is 2. The summed E-state index contributed by atoms with van der Waals surface area (Å²) in [5.74, 6) is 0.999. The maximum Gasteiger partial charge on any atom is 0.147 e. The molecule has 132 valence electrons. The fourth-order valence-electron chi connectivity index (χ4n) is 4.01. The van der Waals surface area contributed by atoms with Crippen molar-refractivity contribution in [2.75, 3.05) is 4.90 Å². The first kappa shape index (κ1) is 17.4. The molecule has 7 heteroatoms. The van der Waals surface area contributed by atoms with Gasteiger partial charge in [0.05, 0.1) is 28.0 Å². The average Bonchev–Trinajstić information content (AvgIpc) is 2.85. The molecule has 4 rings (SSSR count). The molecule has 2 aliphatic heterocycles. The molecule has 2 bridgehead atoms. The number of rotatable bonds is 3. The van der Waals surface area contributed by atoms with Crippen molar-refractivity contribution in [1.82, 2.24) is 9.97 Å². The predicted molar refractivity (Wildman–Crippen MR) is 103 cm³/mol. The van der Waals surface area contributed by atoms with E-state index in [4.69, 9.17) is 28.2 Å². The van der Waals surface area contributed by atoms with Crippen molar-refractivity contribution >= 4 is 40.8 Å². The molecule has 3 N–H and O–H groups in total. The highest BCUT2D eigenvalue weighted by atomic mass is 35.5. The molecular formula is C18H21Cl2N4S+. The van der Waals surface area contributed by atoms with Crippen LogP contribution >= 0.6 is 35.0 Å². The highest BCUT2D eigenvalue weighted by molar-refractivity contribution is 7.99. The van der Waals surface area contributed by atoms with Crippen molar-refractivity contribution in [3.8, 4) is 0 Å². The topological polar surface area (TPSA) is 56.7 Å². The molecule has 0 amide bonds. The number of aryl methyl sites for hydroxylation is 1. The highest BCUT2D eigenvalue weighted by Gasteiger charge is 2.41. The van der Waals surface area contributed by atoms with E-state index >= 15 is 0 Å². The van der Waals surface area contributed by atoms with Gasteiger partial charge in [-0.3, -0.25) is 0 Å².